The van der Waals surface area contributed by atoms with Crippen LogP contribution in [0.5, 0.6) is 0 Å². The molecule has 1 amide bonds. The number of fused-ring (bicyclic) bond motifs is 1. The number of carbonyl (C=O) groups is 1. The van der Waals surface area contributed by atoms with Crippen molar-refractivity contribution in [1.82, 2.24) is 5.32 Å². The van der Waals surface area contributed by atoms with E-state index in [0.29, 0.717) is 12.0 Å². The lowest BCUT2D eigenvalue weighted by atomic mass is 10.1. The Kier molecular flexibility index (Phi) is 3.12. The van der Waals surface area contributed by atoms with Crippen LogP contribution in [0.4, 0.5) is 0 Å². The van der Waals surface area contributed by atoms with Gasteiger partial charge in [0, 0.05) is 11.8 Å². The van der Waals surface area contributed by atoms with Crippen LogP contribution in [0.15, 0.2) is 35.0 Å². The number of aliphatic hydroxyl groups is 1. The summed E-state index contributed by atoms with van der Waals surface area (Å²) in [5, 5.41) is 16.9. The van der Waals surface area contributed by atoms with E-state index in [1.165, 1.54) is 11.3 Å². The monoisotopic (exact) mass is 273 g/mol. The van der Waals surface area contributed by atoms with Gasteiger partial charge in [0.25, 0.3) is 5.91 Å². The van der Waals surface area contributed by atoms with Crippen molar-refractivity contribution < 1.29 is 9.90 Å². The van der Waals surface area contributed by atoms with Gasteiger partial charge >= 0.3 is 0 Å². The molecule has 0 bridgehead atoms. The molecule has 3 rings (SSSR count). The molecule has 0 aliphatic heterocycles. The van der Waals surface area contributed by atoms with E-state index < -0.39 is 6.10 Å². The molecule has 3 nitrogen and oxygen atoms in total. The molecule has 0 unspecified atom stereocenters. The molecule has 98 valence electrons. The van der Waals surface area contributed by atoms with Crippen LogP contribution in [0, 0.1) is 6.92 Å². The summed E-state index contributed by atoms with van der Waals surface area (Å²) in [6.45, 7) is 1.92. The summed E-state index contributed by atoms with van der Waals surface area (Å²) in [6.07, 6.45) is 0.0595. The van der Waals surface area contributed by atoms with Crippen molar-refractivity contribution >= 4 is 17.2 Å². The predicted octanol–water partition coefficient (Wildman–Crippen LogP) is 2.44. The first kappa shape index (κ1) is 12.4. The maximum Gasteiger partial charge on any atom is 0.252 e. The first-order valence-electron chi connectivity index (χ1n) is 6.26. The normalized spacial score (nSPS) is 21.2. The van der Waals surface area contributed by atoms with Crippen LogP contribution >= 0.6 is 11.3 Å². The number of hydrogen-bond acceptors (Lipinski definition) is 3. The Hall–Kier alpha value is -1.65. The lowest BCUT2D eigenvalue weighted by Gasteiger charge is -2.17. The number of nitrogens with one attached hydrogen (secondary N) is 1. The summed E-state index contributed by atoms with van der Waals surface area (Å²) in [4.78, 5) is 12.2. The van der Waals surface area contributed by atoms with E-state index in [9.17, 15) is 9.90 Å². The molecule has 1 aliphatic rings. The minimum atomic E-state index is -0.541. The van der Waals surface area contributed by atoms with Crippen molar-refractivity contribution in [3.63, 3.8) is 0 Å². The number of hydrogen-bond donors (Lipinski definition) is 2. The van der Waals surface area contributed by atoms with Crippen LogP contribution in [0.3, 0.4) is 0 Å². The Morgan fingerprint density at radius 2 is 2.16 bits per heavy atom. The molecule has 0 fully saturated rings. The largest absolute Gasteiger partial charge is 0.390 e. The zero-order valence-corrected chi connectivity index (χ0v) is 11.4. The number of thiophene rings is 1. The molecule has 19 heavy (non-hydrogen) atoms. The van der Waals surface area contributed by atoms with E-state index in [1.54, 1.807) is 0 Å². The van der Waals surface area contributed by atoms with E-state index in [1.807, 2.05) is 41.9 Å². The lowest BCUT2D eigenvalue weighted by Crippen LogP contribution is -2.33. The summed E-state index contributed by atoms with van der Waals surface area (Å²) in [5.74, 6) is -0.112. The summed E-state index contributed by atoms with van der Waals surface area (Å²) >= 11 is 1.52. The predicted molar refractivity (Wildman–Crippen MR) is 75.4 cm³/mol. The molecule has 0 spiro atoms. The molecule has 0 radical (unpaired) electrons. The number of amides is 1. The van der Waals surface area contributed by atoms with E-state index in [0.717, 1.165) is 16.7 Å². The molecular weight excluding hydrogens is 258 g/mol. The summed E-state index contributed by atoms with van der Waals surface area (Å²) in [6, 6.07) is 7.56. The Morgan fingerprint density at radius 3 is 2.89 bits per heavy atom. The van der Waals surface area contributed by atoms with Gasteiger partial charge < -0.3 is 10.4 Å². The third kappa shape index (κ3) is 2.17. The number of benzene rings is 1. The quantitative estimate of drug-likeness (QED) is 0.883. The van der Waals surface area contributed by atoms with Crippen LogP contribution in [-0.4, -0.2) is 17.1 Å². The van der Waals surface area contributed by atoms with Crippen molar-refractivity contribution in [3.8, 4) is 0 Å². The molecule has 0 saturated carbocycles. The van der Waals surface area contributed by atoms with Gasteiger partial charge in [0.05, 0.1) is 17.7 Å². The minimum absolute atomic E-state index is 0.112. The summed E-state index contributed by atoms with van der Waals surface area (Å²) < 4.78 is 0. The van der Waals surface area contributed by atoms with E-state index >= 15 is 0 Å². The van der Waals surface area contributed by atoms with Gasteiger partial charge in [0.1, 0.15) is 0 Å². The SMILES string of the molecule is Cc1cscc1C(=O)N[C@@H]1c2ccccc2C[C@@H]1O. The highest BCUT2D eigenvalue weighted by molar-refractivity contribution is 7.08. The molecule has 0 saturated heterocycles. The van der Waals surface area contributed by atoms with Crippen LogP contribution in [0.25, 0.3) is 0 Å². The summed E-state index contributed by atoms with van der Waals surface area (Å²) in [5.41, 5.74) is 3.81. The van der Waals surface area contributed by atoms with Gasteiger partial charge in [0.15, 0.2) is 0 Å². The first-order valence-corrected chi connectivity index (χ1v) is 7.20. The van der Waals surface area contributed by atoms with Gasteiger partial charge in [-0.15, -0.1) is 0 Å². The highest BCUT2D eigenvalue weighted by Gasteiger charge is 2.32. The van der Waals surface area contributed by atoms with Crippen LogP contribution in [0.2, 0.25) is 0 Å². The Bertz CT molecular complexity index is 620. The third-order valence-corrected chi connectivity index (χ3v) is 4.45. The number of aryl methyl sites for hydroxylation is 1. The van der Waals surface area contributed by atoms with E-state index in [4.69, 9.17) is 0 Å². The fourth-order valence-electron chi connectivity index (χ4n) is 2.56. The van der Waals surface area contributed by atoms with Crippen molar-refractivity contribution in [2.45, 2.75) is 25.5 Å². The smallest absolute Gasteiger partial charge is 0.252 e. The lowest BCUT2D eigenvalue weighted by molar-refractivity contribution is 0.0858. The van der Waals surface area contributed by atoms with Crippen LogP contribution in [-0.2, 0) is 6.42 Å². The van der Waals surface area contributed by atoms with Gasteiger partial charge in [-0.2, -0.15) is 11.3 Å². The maximum absolute atomic E-state index is 12.2. The molecule has 4 heteroatoms. The van der Waals surface area contributed by atoms with Crippen molar-refractivity contribution in [3.05, 3.63) is 57.3 Å². The standard InChI is InChI=1S/C15H15NO2S/c1-9-7-19-8-12(9)15(18)16-14-11-5-3-2-4-10(11)6-13(14)17/h2-5,7-8,13-14,17H,6H2,1H3,(H,16,18)/t13-,14+/m0/s1. The second-order valence-corrected chi connectivity index (χ2v) is 5.63. The topological polar surface area (TPSA) is 49.3 Å². The van der Waals surface area contributed by atoms with Crippen LogP contribution < -0.4 is 5.32 Å². The Morgan fingerprint density at radius 1 is 1.37 bits per heavy atom. The van der Waals surface area contributed by atoms with Gasteiger partial charge in [-0.25, -0.2) is 0 Å². The zero-order valence-electron chi connectivity index (χ0n) is 10.6. The minimum Gasteiger partial charge on any atom is -0.390 e. The fraction of sp³-hybridized carbons (Fsp3) is 0.267. The van der Waals surface area contributed by atoms with Crippen LogP contribution in [0.1, 0.15) is 33.1 Å². The molecule has 1 aromatic carbocycles. The molecule has 1 aliphatic carbocycles. The van der Waals surface area contributed by atoms with Crippen molar-refractivity contribution in [2.24, 2.45) is 0 Å². The highest BCUT2D eigenvalue weighted by atomic mass is 32.1. The van der Waals surface area contributed by atoms with Gasteiger partial charge in [-0.3, -0.25) is 4.79 Å². The first-order chi connectivity index (χ1) is 9.16. The third-order valence-electron chi connectivity index (χ3n) is 3.59. The average molecular weight is 273 g/mol. The Labute approximate surface area is 115 Å². The average Bonchev–Trinajstić information content (AvgIpc) is 2.94. The molecule has 2 N–H and O–H groups in total. The number of carbonyl (C=O) groups excluding carboxylic acids is 1. The molecule has 2 aromatic rings. The van der Waals surface area contributed by atoms with Gasteiger partial charge in [0.2, 0.25) is 0 Å². The second kappa shape index (κ2) is 4.79. The van der Waals surface area contributed by atoms with Crippen molar-refractivity contribution in [2.75, 3.05) is 0 Å². The van der Waals surface area contributed by atoms with Crippen molar-refractivity contribution in [1.29, 1.82) is 0 Å². The van der Waals surface area contributed by atoms with Gasteiger partial charge in [-0.05, 0) is 29.0 Å². The maximum atomic E-state index is 12.2. The molecule has 1 aromatic heterocycles. The fourth-order valence-corrected chi connectivity index (χ4v) is 3.39. The molecular formula is C15H15NO2S. The summed E-state index contributed by atoms with van der Waals surface area (Å²) in [7, 11) is 0. The van der Waals surface area contributed by atoms with Gasteiger partial charge in [-0.1, -0.05) is 24.3 Å². The molecule has 1 heterocycles. The Balaban J connectivity index is 1.84. The highest BCUT2D eigenvalue weighted by Crippen LogP contribution is 2.31. The zero-order chi connectivity index (χ0) is 13.4. The number of rotatable bonds is 2. The molecule has 2 atom stereocenters. The second-order valence-electron chi connectivity index (χ2n) is 4.89. The number of aliphatic hydroxyl groups excluding tert-OH is 1. The van der Waals surface area contributed by atoms with E-state index in [-0.39, 0.29) is 11.9 Å². The van der Waals surface area contributed by atoms with E-state index in [2.05, 4.69) is 5.32 Å².